The number of carbonyl (C=O) groups is 1. The van der Waals surface area contributed by atoms with Crippen LogP contribution in [0.15, 0.2) is 4.79 Å². The van der Waals surface area contributed by atoms with Gasteiger partial charge in [-0.15, -0.1) is 5.10 Å². The van der Waals surface area contributed by atoms with Crippen LogP contribution in [-0.2, 0) is 11.2 Å². The van der Waals surface area contributed by atoms with Gasteiger partial charge in [0, 0.05) is 17.0 Å². The number of rotatable bonds is 3. The molecule has 0 bridgehead atoms. The molecule has 2 aromatic rings. The minimum Gasteiger partial charge on any atom is -0.310 e. The molecule has 0 aromatic carbocycles. The second kappa shape index (κ2) is 5.01. The number of anilines is 1. The standard InChI is InChI=1S/C11H14N6O2/c1-5-8(6(2)13-11(19)12-5)4-9(18)15-10-14-7(3)16-17-10/h4H2,1-3H3,(H,12,13,19)(H2,14,15,16,17,18). The zero-order valence-corrected chi connectivity index (χ0v) is 10.9. The molecule has 0 fully saturated rings. The van der Waals surface area contributed by atoms with Crippen molar-refractivity contribution in [2.45, 2.75) is 27.2 Å². The zero-order valence-electron chi connectivity index (χ0n) is 10.9. The van der Waals surface area contributed by atoms with Gasteiger partial charge in [0.25, 0.3) is 0 Å². The van der Waals surface area contributed by atoms with E-state index in [-0.39, 0.29) is 18.3 Å². The van der Waals surface area contributed by atoms with Crippen molar-refractivity contribution >= 4 is 11.9 Å². The van der Waals surface area contributed by atoms with Gasteiger partial charge in [0.15, 0.2) is 0 Å². The monoisotopic (exact) mass is 262 g/mol. The summed E-state index contributed by atoms with van der Waals surface area (Å²) in [7, 11) is 0. The van der Waals surface area contributed by atoms with Gasteiger partial charge in [-0.1, -0.05) is 0 Å². The minimum atomic E-state index is -0.413. The summed E-state index contributed by atoms with van der Waals surface area (Å²) in [6, 6.07) is 0. The molecule has 0 aliphatic rings. The van der Waals surface area contributed by atoms with Crippen LogP contribution in [0.5, 0.6) is 0 Å². The third-order valence-corrected chi connectivity index (χ3v) is 2.64. The first-order chi connectivity index (χ1) is 8.95. The normalized spacial score (nSPS) is 10.5. The summed E-state index contributed by atoms with van der Waals surface area (Å²) in [4.78, 5) is 33.3. The van der Waals surface area contributed by atoms with E-state index in [0.717, 1.165) is 0 Å². The van der Waals surface area contributed by atoms with Crippen LogP contribution in [0.1, 0.15) is 22.8 Å². The Labute approximate surface area is 108 Å². The molecule has 2 rings (SSSR count). The molecule has 0 spiro atoms. The van der Waals surface area contributed by atoms with Gasteiger partial charge >= 0.3 is 5.69 Å². The molecule has 1 amide bonds. The van der Waals surface area contributed by atoms with Crippen LogP contribution in [0, 0.1) is 20.8 Å². The quantitative estimate of drug-likeness (QED) is 0.719. The first-order valence-electron chi connectivity index (χ1n) is 5.71. The summed E-state index contributed by atoms with van der Waals surface area (Å²) in [5.74, 6) is 0.586. The van der Waals surface area contributed by atoms with Crippen LogP contribution in [0.3, 0.4) is 0 Å². The maximum absolute atomic E-state index is 11.9. The lowest BCUT2D eigenvalue weighted by Gasteiger charge is -2.07. The predicted molar refractivity (Wildman–Crippen MR) is 67.8 cm³/mol. The number of aromatic nitrogens is 5. The van der Waals surface area contributed by atoms with Gasteiger partial charge in [-0.2, -0.15) is 9.97 Å². The molecule has 19 heavy (non-hydrogen) atoms. The number of hydrogen-bond donors (Lipinski definition) is 3. The molecule has 2 heterocycles. The van der Waals surface area contributed by atoms with Crippen molar-refractivity contribution in [3.8, 4) is 0 Å². The number of H-pyrrole nitrogens is 2. The Kier molecular flexibility index (Phi) is 3.41. The van der Waals surface area contributed by atoms with Gasteiger partial charge in [-0.25, -0.2) is 4.79 Å². The fraction of sp³-hybridized carbons (Fsp3) is 0.364. The van der Waals surface area contributed by atoms with Crippen LogP contribution < -0.4 is 11.0 Å². The van der Waals surface area contributed by atoms with Crippen LogP contribution in [0.2, 0.25) is 0 Å². The Morgan fingerprint density at radius 3 is 2.58 bits per heavy atom. The fourth-order valence-electron chi connectivity index (χ4n) is 1.74. The van der Waals surface area contributed by atoms with E-state index in [4.69, 9.17) is 0 Å². The van der Waals surface area contributed by atoms with Crippen molar-refractivity contribution in [3.05, 3.63) is 33.3 Å². The Morgan fingerprint density at radius 1 is 1.26 bits per heavy atom. The molecule has 8 nitrogen and oxygen atoms in total. The third kappa shape index (κ3) is 3.03. The Hall–Kier alpha value is -2.51. The van der Waals surface area contributed by atoms with Crippen LogP contribution in [0.25, 0.3) is 0 Å². The van der Waals surface area contributed by atoms with E-state index in [2.05, 4.69) is 30.5 Å². The third-order valence-electron chi connectivity index (χ3n) is 2.64. The molecule has 0 atom stereocenters. The molecule has 0 saturated heterocycles. The molecule has 100 valence electrons. The Morgan fingerprint density at radius 2 is 2.00 bits per heavy atom. The maximum atomic E-state index is 11.9. The first-order valence-corrected chi connectivity index (χ1v) is 5.71. The molecule has 0 aliphatic heterocycles. The lowest BCUT2D eigenvalue weighted by atomic mass is 10.1. The SMILES string of the molecule is Cc1nc(NC(=O)Cc2c(C)nc(=O)[nH]c2C)n[nH]1. The zero-order chi connectivity index (χ0) is 14.0. The molecule has 2 aromatic heterocycles. The van der Waals surface area contributed by atoms with E-state index >= 15 is 0 Å². The topological polar surface area (TPSA) is 116 Å². The van der Waals surface area contributed by atoms with E-state index in [9.17, 15) is 9.59 Å². The lowest BCUT2D eigenvalue weighted by molar-refractivity contribution is -0.115. The molecule has 0 radical (unpaired) electrons. The van der Waals surface area contributed by atoms with E-state index in [0.29, 0.717) is 22.8 Å². The van der Waals surface area contributed by atoms with Gasteiger partial charge in [-0.05, 0) is 20.8 Å². The number of aryl methyl sites for hydroxylation is 3. The van der Waals surface area contributed by atoms with Crippen LogP contribution in [-0.4, -0.2) is 31.1 Å². The average Bonchev–Trinajstić information content (AvgIpc) is 2.69. The van der Waals surface area contributed by atoms with E-state index < -0.39 is 5.69 Å². The van der Waals surface area contributed by atoms with Crippen molar-refractivity contribution in [2.24, 2.45) is 0 Å². The van der Waals surface area contributed by atoms with Crippen molar-refractivity contribution in [3.63, 3.8) is 0 Å². The highest BCUT2D eigenvalue weighted by atomic mass is 16.2. The van der Waals surface area contributed by atoms with Gasteiger partial charge < -0.3 is 4.98 Å². The summed E-state index contributed by atoms with van der Waals surface area (Å²) in [6.45, 7) is 5.17. The molecule has 0 unspecified atom stereocenters. The Balaban J connectivity index is 2.13. The second-order valence-electron chi connectivity index (χ2n) is 4.20. The predicted octanol–water partition coefficient (Wildman–Crippen LogP) is -0.00554. The number of carbonyl (C=O) groups excluding carboxylic acids is 1. The maximum Gasteiger partial charge on any atom is 0.345 e. The first kappa shape index (κ1) is 12.9. The minimum absolute atomic E-state index is 0.106. The number of hydrogen-bond acceptors (Lipinski definition) is 5. The van der Waals surface area contributed by atoms with E-state index in [1.165, 1.54) is 0 Å². The second-order valence-corrected chi connectivity index (χ2v) is 4.20. The van der Waals surface area contributed by atoms with Crippen molar-refractivity contribution < 1.29 is 4.79 Å². The number of aromatic amines is 2. The summed E-state index contributed by atoms with van der Waals surface area (Å²) >= 11 is 0. The van der Waals surface area contributed by atoms with Crippen molar-refractivity contribution in [1.82, 2.24) is 25.1 Å². The number of nitrogens with one attached hydrogen (secondary N) is 3. The molecular weight excluding hydrogens is 248 g/mol. The summed E-state index contributed by atoms with van der Waals surface area (Å²) in [5.41, 5.74) is 1.47. The number of nitrogens with zero attached hydrogens (tertiary/aromatic N) is 3. The molecule has 8 heteroatoms. The van der Waals surface area contributed by atoms with Crippen molar-refractivity contribution in [1.29, 1.82) is 0 Å². The van der Waals surface area contributed by atoms with Gasteiger partial charge in [-0.3, -0.25) is 15.2 Å². The van der Waals surface area contributed by atoms with E-state index in [1.54, 1.807) is 20.8 Å². The van der Waals surface area contributed by atoms with Gasteiger partial charge in [0.2, 0.25) is 11.9 Å². The van der Waals surface area contributed by atoms with Crippen molar-refractivity contribution in [2.75, 3.05) is 5.32 Å². The molecular formula is C11H14N6O2. The highest BCUT2D eigenvalue weighted by Gasteiger charge is 2.12. The fourth-order valence-corrected chi connectivity index (χ4v) is 1.74. The number of amides is 1. The Bertz CT molecular complexity index is 646. The molecule has 0 aliphatic carbocycles. The highest BCUT2D eigenvalue weighted by molar-refractivity contribution is 5.90. The van der Waals surface area contributed by atoms with Crippen LogP contribution in [0.4, 0.5) is 5.95 Å². The molecule has 3 N–H and O–H groups in total. The van der Waals surface area contributed by atoms with E-state index in [1.807, 2.05) is 0 Å². The molecule has 0 saturated carbocycles. The lowest BCUT2D eigenvalue weighted by Crippen LogP contribution is -2.21. The smallest absolute Gasteiger partial charge is 0.310 e. The van der Waals surface area contributed by atoms with Gasteiger partial charge in [0.05, 0.1) is 6.42 Å². The highest BCUT2D eigenvalue weighted by Crippen LogP contribution is 2.08. The summed E-state index contributed by atoms with van der Waals surface area (Å²) in [5, 5.41) is 9.02. The van der Waals surface area contributed by atoms with Crippen LogP contribution >= 0.6 is 0 Å². The summed E-state index contributed by atoms with van der Waals surface area (Å²) < 4.78 is 0. The van der Waals surface area contributed by atoms with Gasteiger partial charge in [0.1, 0.15) is 5.82 Å². The summed E-state index contributed by atoms with van der Waals surface area (Å²) in [6.07, 6.45) is 0.106. The largest absolute Gasteiger partial charge is 0.345 e. The average molecular weight is 262 g/mol.